The molecule has 0 bridgehead atoms. The number of hydrogen-bond donors (Lipinski definition) is 3. The molecular formula is C10H10ClN3O. The van der Waals surface area contributed by atoms with Gasteiger partial charge in [0.05, 0.1) is 0 Å². The Bertz CT molecular complexity index is 398. The molecule has 0 aliphatic carbocycles. The molecule has 0 saturated carbocycles. The largest absolute Gasteiger partial charge is 0.370 e. The van der Waals surface area contributed by atoms with Crippen LogP contribution in [0.25, 0.3) is 6.08 Å². The number of nitrogens with two attached hydrogens (primary N) is 1. The zero-order valence-corrected chi connectivity index (χ0v) is 8.58. The summed E-state index contributed by atoms with van der Waals surface area (Å²) >= 11 is 5.70. The van der Waals surface area contributed by atoms with Crippen LogP contribution in [-0.2, 0) is 4.79 Å². The minimum absolute atomic E-state index is 0.374. The van der Waals surface area contributed by atoms with Gasteiger partial charge in [0.25, 0.3) is 5.91 Å². The van der Waals surface area contributed by atoms with Crippen molar-refractivity contribution in [3.63, 3.8) is 0 Å². The SMILES string of the molecule is N=C(N)NC(=O)C=Cc1ccc(Cl)cc1. The van der Waals surface area contributed by atoms with Crippen molar-refractivity contribution in [3.8, 4) is 0 Å². The molecule has 1 rings (SSSR count). The van der Waals surface area contributed by atoms with E-state index in [1.807, 2.05) is 0 Å². The predicted molar refractivity (Wildman–Crippen MR) is 60.5 cm³/mol. The second-order valence-electron chi connectivity index (χ2n) is 2.79. The molecule has 15 heavy (non-hydrogen) atoms. The van der Waals surface area contributed by atoms with Crippen LogP contribution >= 0.6 is 11.6 Å². The van der Waals surface area contributed by atoms with Crippen molar-refractivity contribution in [2.24, 2.45) is 5.73 Å². The lowest BCUT2D eigenvalue weighted by molar-refractivity contribution is -0.115. The van der Waals surface area contributed by atoms with E-state index in [1.54, 1.807) is 30.3 Å². The van der Waals surface area contributed by atoms with Crippen molar-refractivity contribution >= 4 is 29.5 Å². The summed E-state index contributed by atoms with van der Waals surface area (Å²) in [5.74, 6) is -0.807. The van der Waals surface area contributed by atoms with Crippen molar-refractivity contribution in [1.29, 1.82) is 5.41 Å². The first-order valence-electron chi connectivity index (χ1n) is 4.16. The Hall–Kier alpha value is -1.81. The molecule has 4 nitrogen and oxygen atoms in total. The van der Waals surface area contributed by atoms with Crippen molar-refractivity contribution in [3.05, 3.63) is 40.9 Å². The summed E-state index contributed by atoms with van der Waals surface area (Å²) in [5, 5.41) is 9.60. The topological polar surface area (TPSA) is 79.0 Å². The number of carbonyl (C=O) groups excluding carboxylic acids is 1. The second-order valence-corrected chi connectivity index (χ2v) is 3.22. The molecular weight excluding hydrogens is 214 g/mol. The zero-order valence-electron chi connectivity index (χ0n) is 7.83. The normalized spacial score (nSPS) is 10.2. The molecule has 4 N–H and O–H groups in total. The Labute approximate surface area is 92.2 Å². The van der Waals surface area contributed by atoms with Crippen LogP contribution in [-0.4, -0.2) is 11.9 Å². The third-order valence-electron chi connectivity index (χ3n) is 1.56. The Kier molecular flexibility index (Phi) is 3.88. The van der Waals surface area contributed by atoms with Gasteiger partial charge in [0, 0.05) is 11.1 Å². The van der Waals surface area contributed by atoms with E-state index >= 15 is 0 Å². The number of carbonyl (C=O) groups is 1. The molecule has 0 heterocycles. The van der Waals surface area contributed by atoms with E-state index in [1.165, 1.54) is 6.08 Å². The predicted octanol–water partition coefficient (Wildman–Crippen LogP) is 1.36. The zero-order chi connectivity index (χ0) is 11.3. The first kappa shape index (κ1) is 11.3. The highest BCUT2D eigenvalue weighted by molar-refractivity contribution is 6.30. The highest BCUT2D eigenvalue weighted by Crippen LogP contribution is 2.10. The average molecular weight is 224 g/mol. The van der Waals surface area contributed by atoms with Gasteiger partial charge in [-0.3, -0.25) is 15.5 Å². The molecule has 0 aromatic heterocycles. The number of benzene rings is 1. The van der Waals surface area contributed by atoms with Crippen molar-refractivity contribution in [1.82, 2.24) is 5.32 Å². The van der Waals surface area contributed by atoms with Gasteiger partial charge in [0.15, 0.2) is 5.96 Å². The van der Waals surface area contributed by atoms with E-state index in [2.05, 4.69) is 5.32 Å². The minimum atomic E-state index is -0.433. The third-order valence-corrected chi connectivity index (χ3v) is 1.81. The third kappa shape index (κ3) is 4.28. The monoisotopic (exact) mass is 223 g/mol. The molecule has 1 amide bonds. The van der Waals surface area contributed by atoms with Gasteiger partial charge in [0.1, 0.15) is 0 Å². The Balaban J connectivity index is 2.61. The van der Waals surface area contributed by atoms with Gasteiger partial charge in [0.2, 0.25) is 0 Å². The molecule has 1 aromatic rings. The maximum Gasteiger partial charge on any atom is 0.250 e. The minimum Gasteiger partial charge on any atom is -0.370 e. The molecule has 0 radical (unpaired) electrons. The lowest BCUT2D eigenvalue weighted by Crippen LogP contribution is -2.34. The van der Waals surface area contributed by atoms with Crippen molar-refractivity contribution < 1.29 is 4.79 Å². The maximum absolute atomic E-state index is 11.0. The highest BCUT2D eigenvalue weighted by atomic mass is 35.5. The Morgan fingerprint density at radius 1 is 1.40 bits per heavy atom. The summed E-state index contributed by atoms with van der Waals surface area (Å²) in [6, 6.07) is 7.01. The standard InChI is InChI=1S/C10H10ClN3O/c11-8-4-1-7(2-5-8)3-6-9(15)14-10(12)13/h1-6H,(H4,12,13,14,15). The summed E-state index contributed by atoms with van der Waals surface area (Å²) < 4.78 is 0. The van der Waals surface area contributed by atoms with Crippen LogP contribution in [0.5, 0.6) is 0 Å². The van der Waals surface area contributed by atoms with Crippen LogP contribution in [0.15, 0.2) is 30.3 Å². The number of halogens is 1. The van der Waals surface area contributed by atoms with E-state index in [-0.39, 0.29) is 5.96 Å². The van der Waals surface area contributed by atoms with Crippen LogP contribution in [0.2, 0.25) is 5.02 Å². The lowest BCUT2D eigenvalue weighted by Gasteiger charge is -1.96. The van der Waals surface area contributed by atoms with Crippen LogP contribution in [0, 0.1) is 5.41 Å². The molecule has 0 aliphatic rings. The Morgan fingerprint density at radius 3 is 2.53 bits per heavy atom. The van der Waals surface area contributed by atoms with Gasteiger partial charge < -0.3 is 5.73 Å². The number of amides is 1. The first-order valence-corrected chi connectivity index (χ1v) is 4.54. The van der Waals surface area contributed by atoms with Crippen LogP contribution < -0.4 is 11.1 Å². The fourth-order valence-electron chi connectivity index (χ4n) is 0.920. The van der Waals surface area contributed by atoms with Crippen molar-refractivity contribution in [2.75, 3.05) is 0 Å². The van der Waals surface area contributed by atoms with E-state index in [0.29, 0.717) is 5.02 Å². The smallest absolute Gasteiger partial charge is 0.250 e. The van der Waals surface area contributed by atoms with Gasteiger partial charge in [-0.15, -0.1) is 0 Å². The van der Waals surface area contributed by atoms with E-state index < -0.39 is 5.91 Å². The van der Waals surface area contributed by atoms with Gasteiger partial charge in [-0.1, -0.05) is 23.7 Å². The van der Waals surface area contributed by atoms with E-state index in [4.69, 9.17) is 22.7 Å². The molecule has 0 fully saturated rings. The van der Waals surface area contributed by atoms with Gasteiger partial charge >= 0.3 is 0 Å². The summed E-state index contributed by atoms with van der Waals surface area (Å²) in [4.78, 5) is 11.0. The van der Waals surface area contributed by atoms with E-state index in [0.717, 1.165) is 5.56 Å². The molecule has 0 unspecified atom stereocenters. The lowest BCUT2D eigenvalue weighted by atomic mass is 10.2. The summed E-state index contributed by atoms with van der Waals surface area (Å²) in [6.07, 6.45) is 2.90. The number of nitrogens with one attached hydrogen (secondary N) is 2. The quantitative estimate of drug-likeness (QED) is 0.402. The molecule has 0 aliphatic heterocycles. The molecule has 0 atom stereocenters. The van der Waals surface area contributed by atoms with Crippen LogP contribution in [0.1, 0.15) is 5.56 Å². The number of hydrogen-bond acceptors (Lipinski definition) is 2. The van der Waals surface area contributed by atoms with Crippen molar-refractivity contribution in [2.45, 2.75) is 0 Å². The molecule has 0 saturated heterocycles. The number of rotatable bonds is 2. The highest BCUT2D eigenvalue weighted by Gasteiger charge is 1.95. The Morgan fingerprint density at radius 2 is 2.00 bits per heavy atom. The van der Waals surface area contributed by atoms with Gasteiger partial charge in [-0.2, -0.15) is 0 Å². The summed E-state index contributed by atoms with van der Waals surface area (Å²) in [6.45, 7) is 0. The maximum atomic E-state index is 11.0. The molecule has 5 heteroatoms. The fourth-order valence-corrected chi connectivity index (χ4v) is 1.05. The average Bonchev–Trinajstić information content (AvgIpc) is 2.16. The fraction of sp³-hybridized carbons (Fsp3) is 0. The van der Waals surface area contributed by atoms with Crippen LogP contribution in [0.4, 0.5) is 0 Å². The van der Waals surface area contributed by atoms with Crippen LogP contribution in [0.3, 0.4) is 0 Å². The first-order chi connectivity index (χ1) is 7.08. The molecule has 0 spiro atoms. The molecule has 78 valence electrons. The van der Waals surface area contributed by atoms with Gasteiger partial charge in [-0.25, -0.2) is 0 Å². The summed E-state index contributed by atoms with van der Waals surface area (Å²) in [7, 11) is 0. The number of guanidine groups is 1. The van der Waals surface area contributed by atoms with Gasteiger partial charge in [-0.05, 0) is 23.8 Å². The van der Waals surface area contributed by atoms with E-state index in [9.17, 15) is 4.79 Å². The second kappa shape index (κ2) is 5.17. The summed E-state index contributed by atoms with van der Waals surface area (Å²) in [5.41, 5.74) is 5.83. The molecule has 1 aromatic carbocycles.